The van der Waals surface area contributed by atoms with Crippen molar-refractivity contribution in [3.8, 4) is 5.75 Å². The van der Waals surface area contributed by atoms with Gasteiger partial charge in [-0.1, -0.05) is 12.1 Å². The zero-order valence-corrected chi connectivity index (χ0v) is 12.4. The molecule has 0 bridgehead atoms. The minimum absolute atomic E-state index is 0.122. The van der Waals surface area contributed by atoms with Crippen molar-refractivity contribution in [3.05, 3.63) is 24.3 Å². The molecule has 0 saturated carbocycles. The number of aliphatic hydroxyl groups excluding tert-OH is 1. The molecule has 0 aliphatic heterocycles. The minimum atomic E-state index is -2.93. The van der Waals surface area contributed by atoms with Crippen LogP contribution < -0.4 is 10.5 Å². The van der Waals surface area contributed by atoms with E-state index >= 15 is 0 Å². The monoisotopic (exact) mass is 305 g/mol. The zero-order chi connectivity index (χ0) is 14.3. The van der Waals surface area contributed by atoms with Gasteiger partial charge in [-0.05, 0) is 12.1 Å². The third-order valence-electron chi connectivity index (χ3n) is 2.26. The maximum absolute atomic E-state index is 10.9. The first-order valence-electron chi connectivity index (χ1n) is 5.79. The second kappa shape index (κ2) is 7.62. The third kappa shape index (κ3) is 7.29. The fourth-order valence-electron chi connectivity index (χ4n) is 1.28. The van der Waals surface area contributed by atoms with E-state index in [-0.39, 0.29) is 12.4 Å². The lowest BCUT2D eigenvalue weighted by Crippen LogP contribution is -2.21. The van der Waals surface area contributed by atoms with Crippen LogP contribution in [0.5, 0.6) is 5.75 Å². The summed E-state index contributed by atoms with van der Waals surface area (Å²) in [6, 6.07) is 7.07. The molecule has 0 heterocycles. The first-order valence-corrected chi connectivity index (χ1v) is 9.01. The number of hydrogen-bond acceptors (Lipinski definition) is 6. The summed E-state index contributed by atoms with van der Waals surface area (Å²) < 4.78 is 27.2. The lowest BCUT2D eigenvalue weighted by molar-refractivity contribution is 0.127. The summed E-state index contributed by atoms with van der Waals surface area (Å²) >= 11 is 1.39. The van der Waals surface area contributed by atoms with Gasteiger partial charge in [-0.2, -0.15) is 11.8 Å². The Labute approximate surface area is 118 Å². The predicted octanol–water partition coefficient (Wildman–Crippen LogP) is 0.786. The standard InChI is InChI=1S/C12H19NO4S2/c1-19(15,16)7-6-18-9-10(14)8-17-12-5-3-2-4-11(12)13/h2-5,10,14H,6-9,13H2,1H3. The van der Waals surface area contributed by atoms with Gasteiger partial charge < -0.3 is 15.6 Å². The highest BCUT2D eigenvalue weighted by Crippen LogP contribution is 2.20. The summed E-state index contributed by atoms with van der Waals surface area (Å²) in [6.07, 6.45) is 0.551. The Morgan fingerprint density at radius 3 is 2.74 bits per heavy atom. The SMILES string of the molecule is CS(=O)(=O)CCSCC(O)COc1ccccc1N. The fourth-order valence-corrected chi connectivity index (χ4v) is 3.49. The van der Waals surface area contributed by atoms with Gasteiger partial charge >= 0.3 is 0 Å². The van der Waals surface area contributed by atoms with Crippen LogP contribution in [0.1, 0.15) is 0 Å². The molecule has 1 aromatic carbocycles. The number of aliphatic hydroxyl groups is 1. The molecule has 0 aliphatic carbocycles. The third-order valence-corrected chi connectivity index (χ3v) is 4.58. The number of sulfone groups is 1. The molecule has 5 nitrogen and oxygen atoms in total. The molecule has 0 aromatic heterocycles. The van der Waals surface area contributed by atoms with Crippen molar-refractivity contribution in [2.24, 2.45) is 0 Å². The van der Waals surface area contributed by atoms with E-state index in [1.807, 2.05) is 0 Å². The molecule has 108 valence electrons. The van der Waals surface area contributed by atoms with Gasteiger partial charge in [0.05, 0.1) is 17.5 Å². The van der Waals surface area contributed by atoms with Crippen LogP contribution in [0.2, 0.25) is 0 Å². The number of hydrogen-bond donors (Lipinski definition) is 2. The summed E-state index contributed by atoms with van der Waals surface area (Å²) in [4.78, 5) is 0. The highest BCUT2D eigenvalue weighted by molar-refractivity contribution is 8.00. The number of thioether (sulfide) groups is 1. The number of nitrogen functional groups attached to an aromatic ring is 1. The molecule has 0 fully saturated rings. The zero-order valence-electron chi connectivity index (χ0n) is 10.8. The lowest BCUT2D eigenvalue weighted by atomic mass is 10.3. The van der Waals surface area contributed by atoms with E-state index in [9.17, 15) is 13.5 Å². The number of anilines is 1. The Bertz CT molecular complexity index is 490. The van der Waals surface area contributed by atoms with E-state index in [0.717, 1.165) is 0 Å². The van der Waals surface area contributed by atoms with Gasteiger partial charge in [0.25, 0.3) is 0 Å². The van der Waals surface area contributed by atoms with Crippen molar-refractivity contribution in [1.82, 2.24) is 0 Å². The van der Waals surface area contributed by atoms with Gasteiger partial charge in [0.2, 0.25) is 0 Å². The van der Waals surface area contributed by atoms with Crippen LogP contribution in [-0.2, 0) is 9.84 Å². The number of benzene rings is 1. The Morgan fingerprint density at radius 2 is 2.11 bits per heavy atom. The van der Waals surface area contributed by atoms with E-state index < -0.39 is 15.9 Å². The highest BCUT2D eigenvalue weighted by Gasteiger charge is 2.08. The minimum Gasteiger partial charge on any atom is -0.489 e. The average Bonchev–Trinajstić information content (AvgIpc) is 2.32. The number of rotatable bonds is 8. The van der Waals surface area contributed by atoms with E-state index in [4.69, 9.17) is 10.5 Å². The van der Waals surface area contributed by atoms with Gasteiger partial charge in [0.1, 0.15) is 22.2 Å². The normalized spacial score (nSPS) is 13.2. The Balaban J connectivity index is 2.22. The molecule has 7 heteroatoms. The molecule has 1 unspecified atom stereocenters. The largest absolute Gasteiger partial charge is 0.489 e. The summed E-state index contributed by atoms with van der Waals surface area (Å²) in [5, 5.41) is 9.69. The molecule has 19 heavy (non-hydrogen) atoms. The van der Waals surface area contributed by atoms with E-state index in [1.165, 1.54) is 18.0 Å². The summed E-state index contributed by atoms with van der Waals surface area (Å²) in [6.45, 7) is 0.139. The van der Waals surface area contributed by atoms with E-state index in [1.54, 1.807) is 24.3 Å². The molecule has 0 aliphatic rings. The average molecular weight is 305 g/mol. The molecule has 1 atom stereocenters. The Hall–Kier alpha value is -0.920. The molecular weight excluding hydrogens is 286 g/mol. The van der Waals surface area contributed by atoms with Gasteiger partial charge in [0, 0.05) is 17.8 Å². The van der Waals surface area contributed by atoms with Gasteiger partial charge in [-0.25, -0.2) is 8.42 Å². The maximum atomic E-state index is 10.9. The van der Waals surface area contributed by atoms with Crippen molar-refractivity contribution in [2.75, 3.05) is 35.9 Å². The highest BCUT2D eigenvalue weighted by atomic mass is 32.2. The van der Waals surface area contributed by atoms with Crippen molar-refractivity contribution in [3.63, 3.8) is 0 Å². The first-order chi connectivity index (χ1) is 8.88. The summed E-state index contributed by atoms with van der Waals surface area (Å²) in [7, 11) is -2.93. The molecule has 0 radical (unpaired) electrons. The van der Waals surface area contributed by atoms with Gasteiger partial charge in [-0.15, -0.1) is 0 Å². The van der Waals surface area contributed by atoms with Crippen LogP contribution in [-0.4, -0.2) is 49.7 Å². The van der Waals surface area contributed by atoms with Crippen LogP contribution in [0.25, 0.3) is 0 Å². The molecule has 0 amide bonds. The molecule has 1 aromatic rings. The Kier molecular flexibility index (Phi) is 6.47. The van der Waals surface area contributed by atoms with Crippen molar-refractivity contribution < 1.29 is 18.3 Å². The number of nitrogens with two attached hydrogens (primary N) is 1. The summed E-state index contributed by atoms with van der Waals surface area (Å²) in [5.41, 5.74) is 6.23. The molecule has 0 saturated heterocycles. The van der Waals surface area contributed by atoms with E-state index in [0.29, 0.717) is 22.9 Å². The molecular formula is C12H19NO4S2. The van der Waals surface area contributed by atoms with Crippen molar-refractivity contribution in [1.29, 1.82) is 0 Å². The molecule has 3 N–H and O–H groups in total. The van der Waals surface area contributed by atoms with Crippen LogP contribution >= 0.6 is 11.8 Å². The lowest BCUT2D eigenvalue weighted by Gasteiger charge is -2.13. The van der Waals surface area contributed by atoms with Crippen LogP contribution in [0.3, 0.4) is 0 Å². The second-order valence-electron chi connectivity index (χ2n) is 4.21. The smallest absolute Gasteiger partial charge is 0.148 e. The molecule has 0 spiro atoms. The topological polar surface area (TPSA) is 89.6 Å². The summed E-state index contributed by atoms with van der Waals surface area (Å²) in [5.74, 6) is 1.57. The molecule has 1 rings (SSSR count). The first kappa shape index (κ1) is 16.1. The number of ether oxygens (including phenoxy) is 1. The number of para-hydroxylation sites is 2. The van der Waals surface area contributed by atoms with Crippen molar-refractivity contribution >= 4 is 27.3 Å². The van der Waals surface area contributed by atoms with Gasteiger partial charge in [0.15, 0.2) is 0 Å². The van der Waals surface area contributed by atoms with Gasteiger partial charge in [-0.3, -0.25) is 0 Å². The van der Waals surface area contributed by atoms with Crippen LogP contribution in [0, 0.1) is 0 Å². The van der Waals surface area contributed by atoms with Crippen molar-refractivity contribution in [2.45, 2.75) is 6.10 Å². The quantitative estimate of drug-likeness (QED) is 0.545. The fraction of sp³-hybridized carbons (Fsp3) is 0.500. The second-order valence-corrected chi connectivity index (χ2v) is 7.62. The van der Waals surface area contributed by atoms with Crippen LogP contribution in [0.4, 0.5) is 5.69 Å². The van der Waals surface area contributed by atoms with Crippen LogP contribution in [0.15, 0.2) is 24.3 Å². The Morgan fingerprint density at radius 1 is 1.42 bits per heavy atom. The predicted molar refractivity (Wildman–Crippen MR) is 79.4 cm³/mol. The maximum Gasteiger partial charge on any atom is 0.148 e. The van der Waals surface area contributed by atoms with E-state index in [2.05, 4.69) is 0 Å².